The van der Waals surface area contributed by atoms with Gasteiger partial charge >= 0.3 is 9.53 Å². The fourth-order valence-electron chi connectivity index (χ4n) is 1.79. The third-order valence-corrected chi connectivity index (χ3v) is 10.4. The zero-order valence-electron chi connectivity index (χ0n) is 14.9. The van der Waals surface area contributed by atoms with Crippen LogP contribution in [0.4, 0.5) is 0 Å². The molecule has 0 fully saturated rings. The molecule has 0 heterocycles. The molecule has 1 N–H and O–H groups in total. The number of rotatable bonds is 11. The van der Waals surface area contributed by atoms with Gasteiger partial charge in [0.1, 0.15) is 0 Å². The molecule has 5 nitrogen and oxygen atoms in total. The summed E-state index contributed by atoms with van der Waals surface area (Å²) < 4.78 is 23.7. The van der Waals surface area contributed by atoms with Gasteiger partial charge in [-0.15, -0.1) is 0 Å². The molecule has 128 valence electrons. The Bertz CT molecular complexity index is 262. The number of hydrogen-bond donors (Lipinski definition) is 1. The van der Waals surface area contributed by atoms with E-state index in [0.29, 0.717) is 0 Å². The average Bonchev–Trinajstić information content (AvgIpc) is 2.29. The zero-order chi connectivity index (χ0) is 16.7. The lowest BCUT2D eigenvalue weighted by atomic mass is 10.1. The van der Waals surface area contributed by atoms with Crippen LogP contribution >= 0.6 is 0 Å². The molecule has 0 saturated heterocycles. The molecule has 0 aromatic rings. The van der Waals surface area contributed by atoms with Crippen LogP contribution in [0.2, 0.25) is 39.3 Å². The first kappa shape index (κ1) is 21.5. The summed E-state index contributed by atoms with van der Waals surface area (Å²) in [6.45, 7) is 14.7. The summed E-state index contributed by atoms with van der Waals surface area (Å²) in [7, 11) is -4.12. The number of aliphatic hydroxyl groups excluding tert-OH is 1. The van der Waals surface area contributed by atoms with Gasteiger partial charge in [0.2, 0.25) is 0 Å². The van der Waals surface area contributed by atoms with Crippen molar-refractivity contribution in [3.8, 4) is 0 Å². The lowest BCUT2D eigenvalue weighted by Crippen LogP contribution is -2.49. The first-order valence-electron chi connectivity index (χ1n) is 7.67. The van der Waals surface area contributed by atoms with Crippen LogP contribution in [0.25, 0.3) is 0 Å². The quantitative estimate of drug-likeness (QED) is 0.578. The maximum atomic E-state index is 9.63. The third-order valence-electron chi connectivity index (χ3n) is 2.66. The van der Waals surface area contributed by atoms with E-state index < -0.39 is 26.2 Å². The number of aliphatic hydroxyl groups is 1. The molecule has 0 aliphatic rings. The molecule has 2 atom stereocenters. The van der Waals surface area contributed by atoms with Gasteiger partial charge in [0.05, 0.1) is 18.8 Å². The second kappa shape index (κ2) is 9.56. The Kier molecular flexibility index (Phi) is 9.76. The van der Waals surface area contributed by atoms with E-state index in [9.17, 15) is 5.11 Å². The molecular weight excluding hydrogens is 320 g/mol. The summed E-state index contributed by atoms with van der Waals surface area (Å²) in [5.41, 5.74) is 0. The highest BCUT2D eigenvalue weighted by molar-refractivity contribution is 6.79. The second-order valence-electron chi connectivity index (χ2n) is 7.17. The van der Waals surface area contributed by atoms with Crippen molar-refractivity contribution in [1.29, 1.82) is 0 Å². The molecule has 0 aliphatic heterocycles. The van der Waals surface area contributed by atoms with Gasteiger partial charge in [-0.3, -0.25) is 0 Å². The van der Waals surface area contributed by atoms with Crippen molar-refractivity contribution in [2.24, 2.45) is 0 Å². The highest BCUT2D eigenvalue weighted by Gasteiger charge is 2.34. The molecule has 2 unspecified atom stereocenters. The van der Waals surface area contributed by atoms with Gasteiger partial charge in [0, 0.05) is 7.11 Å². The van der Waals surface area contributed by atoms with Crippen molar-refractivity contribution < 1.29 is 22.5 Å². The van der Waals surface area contributed by atoms with E-state index in [1.54, 1.807) is 7.11 Å². The maximum Gasteiger partial charge on any atom is 0.463 e. The van der Waals surface area contributed by atoms with E-state index >= 15 is 0 Å². The van der Waals surface area contributed by atoms with Gasteiger partial charge in [-0.2, -0.15) is 0 Å². The van der Waals surface area contributed by atoms with Crippen molar-refractivity contribution in [2.75, 3.05) is 13.7 Å². The lowest BCUT2D eigenvalue weighted by Gasteiger charge is -2.34. The Morgan fingerprint density at radius 3 is 1.71 bits per heavy atom. The zero-order valence-corrected chi connectivity index (χ0v) is 18.1. The molecule has 0 amide bonds. The van der Waals surface area contributed by atoms with Gasteiger partial charge in [-0.25, -0.2) is 0 Å². The number of ether oxygens (including phenoxy) is 1. The van der Waals surface area contributed by atoms with Crippen LogP contribution in [0, 0.1) is 0 Å². The molecule has 0 bridgehead atoms. The predicted molar refractivity (Wildman–Crippen MR) is 93.7 cm³/mol. The summed E-state index contributed by atoms with van der Waals surface area (Å²) in [4.78, 5) is 0. The molecule has 0 spiro atoms. The van der Waals surface area contributed by atoms with Gasteiger partial charge < -0.3 is 22.5 Å². The monoisotopic (exact) mass is 354 g/mol. The highest BCUT2D eigenvalue weighted by atomic mass is 28.5. The first-order valence-corrected chi connectivity index (χ1v) is 15.9. The third kappa shape index (κ3) is 10.7. The van der Waals surface area contributed by atoms with E-state index in [4.69, 9.17) is 17.4 Å². The lowest BCUT2D eigenvalue weighted by molar-refractivity contribution is -0.0442. The Labute approximate surface area is 134 Å². The van der Waals surface area contributed by atoms with Crippen LogP contribution in [0.15, 0.2) is 0 Å². The first-order chi connectivity index (χ1) is 9.52. The molecule has 0 aromatic heterocycles. The van der Waals surface area contributed by atoms with Crippen molar-refractivity contribution in [3.05, 3.63) is 0 Å². The Balaban J connectivity index is 4.88. The van der Waals surface area contributed by atoms with Crippen LogP contribution in [-0.2, 0) is 17.4 Å². The Morgan fingerprint density at radius 2 is 1.43 bits per heavy atom. The minimum absolute atomic E-state index is 0.0773. The average molecular weight is 355 g/mol. The summed E-state index contributed by atoms with van der Waals surface area (Å²) in [6, 6.07) is 0. The SMILES string of the molecule is CCCC(OC)C(CO)O[SiH](O[Si](C)(C)C)O[Si](C)(C)C. The van der Waals surface area contributed by atoms with Gasteiger partial charge in [-0.1, -0.05) is 13.3 Å². The van der Waals surface area contributed by atoms with Crippen molar-refractivity contribution in [1.82, 2.24) is 0 Å². The molecule has 0 aliphatic carbocycles. The van der Waals surface area contributed by atoms with E-state index in [1.807, 2.05) is 0 Å². The van der Waals surface area contributed by atoms with E-state index in [0.717, 1.165) is 12.8 Å². The fourth-order valence-corrected chi connectivity index (χ4v) is 8.02. The molecule has 0 saturated carbocycles. The predicted octanol–water partition coefficient (Wildman–Crippen LogP) is 2.60. The molecule has 8 heteroatoms. The van der Waals surface area contributed by atoms with Gasteiger partial charge in [0.15, 0.2) is 16.6 Å². The van der Waals surface area contributed by atoms with Gasteiger partial charge in [-0.05, 0) is 45.7 Å². The molecule has 0 radical (unpaired) electrons. The second-order valence-corrected chi connectivity index (χ2v) is 18.4. The van der Waals surface area contributed by atoms with Crippen molar-refractivity contribution >= 4 is 26.2 Å². The van der Waals surface area contributed by atoms with Crippen LogP contribution in [-0.4, -0.2) is 57.2 Å². The maximum absolute atomic E-state index is 9.63. The van der Waals surface area contributed by atoms with E-state index in [1.165, 1.54) is 0 Å². The molecule has 0 rings (SSSR count). The van der Waals surface area contributed by atoms with Crippen molar-refractivity contribution in [3.63, 3.8) is 0 Å². The van der Waals surface area contributed by atoms with E-state index in [-0.39, 0.29) is 18.8 Å². The smallest absolute Gasteiger partial charge is 0.419 e. The largest absolute Gasteiger partial charge is 0.463 e. The standard InChI is InChI=1S/C13H34O5Si3/c1-9-10-12(15-2)13(11-14)16-19(17-20(3,4)5)18-21(6,7)8/h12-14,19H,9-11H2,1-8H3. The highest BCUT2D eigenvalue weighted by Crippen LogP contribution is 2.17. The van der Waals surface area contributed by atoms with Crippen LogP contribution < -0.4 is 0 Å². The summed E-state index contributed by atoms with van der Waals surface area (Å²) in [6.07, 6.45) is 1.33. The summed E-state index contributed by atoms with van der Waals surface area (Å²) in [5.74, 6) is 0. The number of hydrogen-bond acceptors (Lipinski definition) is 5. The molecule has 21 heavy (non-hydrogen) atoms. The van der Waals surface area contributed by atoms with Crippen LogP contribution in [0.3, 0.4) is 0 Å². The summed E-state index contributed by atoms with van der Waals surface area (Å²) >= 11 is 0. The van der Waals surface area contributed by atoms with Gasteiger partial charge in [0.25, 0.3) is 0 Å². The fraction of sp³-hybridized carbons (Fsp3) is 1.00. The topological polar surface area (TPSA) is 57.2 Å². The van der Waals surface area contributed by atoms with E-state index in [2.05, 4.69) is 46.2 Å². The Hall–Kier alpha value is 0.451. The molecule has 0 aromatic carbocycles. The normalized spacial score (nSPS) is 16.3. The minimum atomic E-state index is -2.27. The number of methoxy groups -OCH3 is 1. The molecular formula is C13H34O5Si3. The minimum Gasteiger partial charge on any atom is -0.419 e. The summed E-state index contributed by atoms with van der Waals surface area (Å²) in [5, 5.41) is 9.63. The van der Waals surface area contributed by atoms with Crippen LogP contribution in [0.1, 0.15) is 19.8 Å². The van der Waals surface area contributed by atoms with Crippen molar-refractivity contribution in [2.45, 2.75) is 71.3 Å². The van der Waals surface area contributed by atoms with Crippen LogP contribution in [0.5, 0.6) is 0 Å². The Morgan fingerprint density at radius 1 is 0.952 bits per heavy atom.